The van der Waals surface area contributed by atoms with Crippen LogP contribution in [0, 0.1) is 0 Å². The standard InChI is InChI=1S/C22H20Br2N2O5S/c1-30-9-5-8-26-21(29)18(32-22(26)25-15-6-3-2-4-7-15)12-14-10-16(23)20(17(24)11-14)31-13-19(27)28/h2-4,6-7,10-12H,5,8-9,13H2,1H3,(H,27,28)/b18-12-,25-22?. The molecule has 10 heteroatoms. The molecule has 2 aromatic rings. The van der Waals surface area contributed by atoms with E-state index in [0.717, 1.165) is 11.3 Å². The highest BCUT2D eigenvalue weighted by molar-refractivity contribution is 9.11. The first-order chi connectivity index (χ1) is 15.4. The van der Waals surface area contributed by atoms with E-state index in [1.807, 2.05) is 30.3 Å². The van der Waals surface area contributed by atoms with E-state index < -0.39 is 12.6 Å². The Labute approximate surface area is 206 Å². The second kappa shape index (κ2) is 11.6. The first-order valence-electron chi connectivity index (χ1n) is 9.56. The van der Waals surface area contributed by atoms with E-state index in [0.29, 0.717) is 44.3 Å². The second-order valence-corrected chi connectivity index (χ2v) is 9.36. The van der Waals surface area contributed by atoms with Gasteiger partial charge in [0, 0.05) is 20.3 Å². The van der Waals surface area contributed by atoms with E-state index in [2.05, 4.69) is 36.9 Å². The van der Waals surface area contributed by atoms with Crippen LogP contribution in [-0.4, -0.2) is 53.9 Å². The molecule has 1 aliphatic rings. The van der Waals surface area contributed by atoms with Crippen LogP contribution in [0.25, 0.3) is 6.08 Å². The molecule has 1 N–H and O–H groups in total. The molecule has 2 aromatic carbocycles. The van der Waals surface area contributed by atoms with Crippen molar-refractivity contribution in [2.45, 2.75) is 6.42 Å². The van der Waals surface area contributed by atoms with Gasteiger partial charge in [-0.15, -0.1) is 0 Å². The number of carboxylic acid groups (broad SMARTS) is 1. The van der Waals surface area contributed by atoms with Crippen LogP contribution in [0.5, 0.6) is 5.75 Å². The number of thioether (sulfide) groups is 1. The number of para-hydroxylation sites is 1. The van der Waals surface area contributed by atoms with Gasteiger partial charge in [-0.1, -0.05) is 18.2 Å². The van der Waals surface area contributed by atoms with E-state index in [1.165, 1.54) is 11.8 Å². The highest BCUT2D eigenvalue weighted by Gasteiger charge is 2.33. The molecule has 168 valence electrons. The molecule has 0 saturated carbocycles. The lowest BCUT2D eigenvalue weighted by Crippen LogP contribution is -2.30. The summed E-state index contributed by atoms with van der Waals surface area (Å²) in [7, 11) is 1.63. The zero-order valence-corrected chi connectivity index (χ0v) is 21.1. The quantitative estimate of drug-likeness (QED) is 0.318. The van der Waals surface area contributed by atoms with Gasteiger partial charge in [0.2, 0.25) is 0 Å². The number of carbonyl (C=O) groups is 2. The summed E-state index contributed by atoms with van der Waals surface area (Å²) in [5.41, 5.74) is 1.52. The Morgan fingerprint density at radius 1 is 1.22 bits per heavy atom. The third-order valence-corrected chi connectivity index (χ3v) is 6.44. The lowest BCUT2D eigenvalue weighted by atomic mass is 10.2. The van der Waals surface area contributed by atoms with Gasteiger partial charge in [0.05, 0.1) is 19.5 Å². The number of carbonyl (C=O) groups excluding carboxylic acids is 1. The highest BCUT2D eigenvalue weighted by atomic mass is 79.9. The third-order valence-electron chi connectivity index (χ3n) is 4.26. The van der Waals surface area contributed by atoms with Gasteiger partial charge in [-0.05, 0) is 85.9 Å². The number of hydrogen-bond donors (Lipinski definition) is 1. The summed E-state index contributed by atoms with van der Waals surface area (Å²) in [4.78, 5) is 30.8. The monoisotopic (exact) mass is 582 g/mol. The molecule has 0 aromatic heterocycles. The smallest absolute Gasteiger partial charge is 0.341 e. The number of methoxy groups -OCH3 is 1. The van der Waals surface area contributed by atoms with Gasteiger partial charge in [-0.2, -0.15) is 0 Å². The maximum atomic E-state index is 13.1. The van der Waals surface area contributed by atoms with Crippen LogP contribution in [0.2, 0.25) is 0 Å². The van der Waals surface area contributed by atoms with Crippen LogP contribution < -0.4 is 4.74 Å². The number of halogens is 2. The fourth-order valence-corrected chi connectivity index (χ4v) is 5.33. The summed E-state index contributed by atoms with van der Waals surface area (Å²) in [5, 5.41) is 9.45. The van der Waals surface area contributed by atoms with Crippen molar-refractivity contribution in [1.82, 2.24) is 4.90 Å². The first kappa shape index (κ1) is 24.5. The predicted molar refractivity (Wildman–Crippen MR) is 132 cm³/mol. The van der Waals surface area contributed by atoms with Crippen molar-refractivity contribution >= 4 is 72.4 Å². The van der Waals surface area contributed by atoms with Crippen molar-refractivity contribution in [3.05, 3.63) is 61.9 Å². The van der Waals surface area contributed by atoms with Crippen LogP contribution in [-0.2, 0) is 14.3 Å². The molecule has 1 heterocycles. The molecular formula is C22H20Br2N2O5S. The van der Waals surface area contributed by atoms with E-state index >= 15 is 0 Å². The molecule has 3 rings (SSSR count). The fraction of sp³-hybridized carbons (Fsp3) is 0.227. The summed E-state index contributed by atoms with van der Waals surface area (Å²) >= 11 is 8.12. The number of amidine groups is 1. The number of rotatable bonds is 9. The Morgan fingerprint density at radius 3 is 2.53 bits per heavy atom. The van der Waals surface area contributed by atoms with Gasteiger partial charge in [0.15, 0.2) is 11.8 Å². The maximum Gasteiger partial charge on any atom is 0.341 e. The largest absolute Gasteiger partial charge is 0.480 e. The molecule has 0 unspecified atom stereocenters. The Morgan fingerprint density at radius 2 is 1.91 bits per heavy atom. The number of aliphatic carboxylic acids is 1. The number of nitrogens with zero attached hydrogens (tertiary/aromatic N) is 2. The Bertz CT molecular complexity index is 1040. The average molecular weight is 584 g/mol. The van der Waals surface area contributed by atoms with Crippen LogP contribution in [0.4, 0.5) is 5.69 Å². The number of aliphatic imine (C=N–C) groups is 1. The van der Waals surface area contributed by atoms with Crippen molar-refractivity contribution < 1.29 is 24.2 Å². The van der Waals surface area contributed by atoms with Crippen molar-refractivity contribution in [3.63, 3.8) is 0 Å². The molecule has 1 amide bonds. The van der Waals surface area contributed by atoms with Crippen LogP contribution in [0.1, 0.15) is 12.0 Å². The molecular weight excluding hydrogens is 564 g/mol. The number of benzene rings is 2. The summed E-state index contributed by atoms with van der Waals surface area (Å²) in [6, 6.07) is 13.0. The number of hydrogen-bond acceptors (Lipinski definition) is 6. The molecule has 0 radical (unpaired) electrons. The SMILES string of the molecule is COCCCN1C(=O)/C(=C/c2cc(Br)c(OCC(=O)O)c(Br)c2)SC1=Nc1ccccc1. The van der Waals surface area contributed by atoms with Crippen LogP contribution in [0.15, 0.2) is 61.3 Å². The maximum absolute atomic E-state index is 13.1. The lowest BCUT2D eigenvalue weighted by Gasteiger charge is -2.15. The number of amides is 1. The summed E-state index contributed by atoms with van der Waals surface area (Å²) in [6.45, 7) is 0.587. The molecule has 1 aliphatic heterocycles. The Balaban J connectivity index is 1.89. The average Bonchev–Trinajstić information content (AvgIpc) is 3.02. The fourth-order valence-electron chi connectivity index (χ4n) is 2.85. The minimum absolute atomic E-state index is 0.126. The van der Waals surface area contributed by atoms with Gasteiger partial charge in [0.25, 0.3) is 5.91 Å². The molecule has 7 nitrogen and oxygen atoms in total. The third kappa shape index (κ3) is 6.44. The number of carboxylic acids is 1. The number of ether oxygens (including phenoxy) is 2. The zero-order chi connectivity index (χ0) is 23.1. The topological polar surface area (TPSA) is 88.4 Å². The molecule has 32 heavy (non-hydrogen) atoms. The van der Waals surface area contributed by atoms with E-state index in [4.69, 9.17) is 14.6 Å². The van der Waals surface area contributed by atoms with Gasteiger partial charge in [-0.3, -0.25) is 9.69 Å². The molecule has 0 aliphatic carbocycles. The Kier molecular flexibility index (Phi) is 8.92. The summed E-state index contributed by atoms with van der Waals surface area (Å²) in [6.07, 6.45) is 2.47. The van der Waals surface area contributed by atoms with Crippen molar-refractivity contribution in [2.24, 2.45) is 4.99 Å². The molecule has 0 spiro atoms. The second-order valence-electron chi connectivity index (χ2n) is 6.64. The molecule has 1 saturated heterocycles. The first-order valence-corrected chi connectivity index (χ1v) is 12.0. The molecule has 0 atom stereocenters. The Hall–Kier alpha value is -2.14. The van der Waals surface area contributed by atoms with Gasteiger partial charge in [-0.25, -0.2) is 9.79 Å². The lowest BCUT2D eigenvalue weighted by molar-refractivity contribution is -0.139. The van der Waals surface area contributed by atoms with Crippen molar-refractivity contribution in [2.75, 3.05) is 26.9 Å². The zero-order valence-electron chi connectivity index (χ0n) is 17.1. The van der Waals surface area contributed by atoms with Gasteiger partial charge in [0.1, 0.15) is 5.75 Å². The van der Waals surface area contributed by atoms with Crippen LogP contribution in [0.3, 0.4) is 0 Å². The minimum Gasteiger partial charge on any atom is -0.480 e. The predicted octanol–water partition coefficient (Wildman–Crippen LogP) is 5.32. The molecule has 1 fully saturated rings. The molecule has 0 bridgehead atoms. The van der Waals surface area contributed by atoms with Crippen molar-refractivity contribution in [3.8, 4) is 5.75 Å². The highest BCUT2D eigenvalue weighted by Crippen LogP contribution is 2.38. The van der Waals surface area contributed by atoms with E-state index in [1.54, 1.807) is 30.2 Å². The van der Waals surface area contributed by atoms with Crippen LogP contribution >= 0.6 is 43.6 Å². The van der Waals surface area contributed by atoms with E-state index in [-0.39, 0.29) is 5.91 Å². The summed E-state index contributed by atoms with van der Waals surface area (Å²) in [5.74, 6) is -0.812. The van der Waals surface area contributed by atoms with Gasteiger partial charge < -0.3 is 14.6 Å². The van der Waals surface area contributed by atoms with E-state index in [9.17, 15) is 9.59 Å². The normalized spacial score (nSPS) is 16.2. The van der Waals surface area contributed by atoms with Crippen molar-refractivity contribution in [1.29, 1.82) is 0 Å². The van der Waals surface area contributed by atoms with Gasteiger partial charge >= 0.3 is 5.97 Å². The minimum atomic E-state index is -1.07. The summed E-state index contributed by atoms with van der Waals surface area (Å²) < 4.78 is 11.6.